The Labute approximate surface area is 154 Å². The number of nitro benzene ring substituents is 1. The lowest BCUT2D eigenvalue weighted by atomic mass is 10.2. The molecule has 2 rings (SSSR count). The Morgan fingerprint density at radius 1 is 1.27 bits per heavy atom. The number of thiocarbonyl (C=S) groups is 1. The van der Waals surface area contributed by atoms with Crippen LogP contribution in [-0.2, 0) is 0 Å². The van der Waals surface area contributed by atoms with Crippen LogP contribution in [0.4, 0.5) is 15.8 Å². The number of ether oxygens (including phenoxy) is 1. The van der Waals surface area contributed by atoms with Gasteiger partial charge >= 0.3 is 0 Å². The van der Waals surface area contributed by atoms with Gasteiger partial charge in [0.1, 0.15) is 11.6 Å². The lowest BCUT2D eigenvalue weighted by Gasteiger charge is -2.11. The second-order valence-corrected chi connectivity index (χ2v) is 5.61. The molecule has 1 amide bonds. The van der Waals surface area contributed by atoms with Gasteiger partial charge in [0.25, 0.3) is 11.6 Å². The van der Waals surface area contributed by atoms with E-state index in [1.807, 2.05) is 6.92 Å². The van der Waals surface area contributed by atoms with Crippen molar-refractivity contribution in [2.24, 2.45) is 0 Å². The van der Waals surface area contributed by atoms with Crippen LogP contribution >= 0.6 is 12.2 Å². The zero-order valence-electron chi connectivity index (χ0n) is 13.8. The van der Waals surface area contributed by atoms with Gasteiger partial charge in [0.05, 0.1) is 17.2 Å². The predicted molar refractivity (Wildman–Crippen MR) is 99.0 cm³/mol. The predicted octanol–water partition coefficient (Wildman–Crippen LogP) is 3.65. The summed E-state index contributed by atoms with van der Waals surface area (Å²) in [4.78, 5) is 22.2. The molecular formula is C17H16FN3O4S. The molecule has 0 unspecified atom stereocenters. The zero-order valence-corrected chi connectivity index (χ0v) is 14.6. The molecule has 0 fully saturated rings. The van der Waals surface area contributed by atoms with Gasteiger partial charge < -0.3 is 10.1 Å². The molecule has 0 aliphatic heterocycles. The van der Waals surface area contributed by atoms with Crippen LogP contribution < -0.4 is 15.4 Å². The third-order valence-electron chi connectivity index (χ3n) is 3.23. The number of non-ortho nitro benzene ring substituents is 1. The Balaban J connectivity index is 2.00. The number of carbonyl (C=O) groups excluding carboxylic acids is 1. The number of nitro groups is 1. The first-order valence-corrected chi connectivity index (χ1v) is 8.10. The van der Waals surface area contributed by atoms with Crippen LogP contribution in [0.3, 0.4) is 0 Å². The summed E-state index contributed by atoms with van der Waals surface area (Å²) >= 11 is 4.96. The number of hydrogen-bond donors (Lipinski definition) is 2. The fourth-order valence-corrected chi connectivity index (χ4v) is 2.18. The van der Waals surface area contributed by atoms with Crippen molar-refractivity contribution in [2.75, 3.05) is 11.9 Å². The molecule has 0 heterocycles. The maximum atomic E-state index is 13.7. The summed E-state index contributed by atoms with van der Waals surface area (Å²) in [6, 6.07) is 9.41. The van der Waals surface area contributed by atoms with E-state index in [9.17, 15) is 19.3 Å². The number of amides is 1. The summed E-state index contributed by atoms with van der Waals surface area (Å²) in [6.07, 6.45) is 0.871. The van der Waals surface area contributed by atoms with E-state index in [1.165, 1.54) is 0 Å². The third-order valence-corrected chi connectivity index (χ3v) is 3.43. The van der Waals surface area contributed by atoms with Gasteiger partial charge in [0.15, 0.2) is 5.11 Å². The van der Waals surface area contributed by atoms with E-state index in [4.69, 9.17) is 17.0 Å². The average Bonchev–Trinajstić information content (AvgIpc) is 2.62. The number of anilines is 1. The zero-order chi connectivity index (χ0) is 19.1. The average molecular weight is 377 g/mol. The first-order valence-electron chi connectivity index (χ1n) is 7.70. The number of benzene rings is 2. The quantitative estimate of drug-likeness (QED) is 0.453. The summed E-state index contributed by atoms with van der Waals surface area (Å²) < 4.78 is 19.2. The molecule has 0 aliphatic carbocycles. The fraction of sp³-hybridized carbons (Fsp3) is 0.176. The first-order chi connectivity index (χ1) is 12.4. The van der Waals surface area contributed by atoms with E-state index in [1.54, 1.807) is 24.3 Å². The SMILES string of the molecule is CCCOc1ccc(C(=O)NC(=S)Nc2cc([N+](=O)[O-])ccc2F)cc1. The summed E-state index contributed by atoms with van der Waals surface area (Å²) in [5.41, 5.74) is -0.170. The van der Waals surface area contributed by atoms with Gasteiger partial charge in [-0.1, -0.05) is 6.92 Å². The van der Waals surface area contributed by atoms with E-state index in [-0.39, 0.29) is 16.5 Å². The molecule has 0 aliphatic rings. The van der Waals surface area contributed by atoms with E-state index >= 15 is 0 Å². The second kappa shape index (κ2) is 8.86. The summed E-state index contributed by atoms with van der Waals surface area (Å²) in [7, 11) is 0. The highest BCUT2D eigenvalue weighted by Crippen LogP contribution is 2.21. The number of nitrogens with zero attached hydrogens (tertiary/aromatic N) is 1. The number of halogens is 1. The van der Waals surface area contributed by atoms with Crippen LogP contribution in [0.1, 0.15) is 23.7 Å². The molecule has 0 saturated heterocycles. The van der Waals surface area contributed by atoms with Crippen molar-refractivity contribution in [3.05, 3.63) is 64.0 Å². The van der Waals surface area contributed by atoms with Crippen LogP contribution in [0.2, 0.25) is 0 Å². The Morgan fingerprint density at radius 3 is 2.58 bits per heavy atom. The van der Waals surface area contributed by atoms with E-state index < -0.39 is 16.6 Å². The topological polar surface area (TPSA) is 93.5 Å². The highest BCUT2D eigenvalue weighted by atomic mass is 32.1. The van der Waals surface area contributed by atoms with Crippen LogP contribution in [0.5, 0.6) is 5.75 Å². The van der Waals surface area contributed by atoms with Crippen molar-refractivity contribution in [1.82, 2.24) is 5.32 Å². The fourth-order valence-electron chi connectivity index (χ4n) is 1.97. The minimum absolute atomic E-state index is 0.180. The maximum Gasteiger partial charge on any atom is 0.271 e. The minimum Gasteiger partial charge on any atom is -0.494 e. The molecular weight excluding hydrogens is 361 g/mol. The molecule has 26 heavy (non-hydrogen) atoms. The van der Waals surface area contributed by atoms with Gasteiger partial charge in [-0.05, 0) is 49.0 Å². The molecule has 0 spiro atoms. The summed E-state index contributed by atoms with van der Waals surface area (Å²) in [5.74, 6) is -0.595. The molecule has 9 heteroatoms. The van der Waals surface area contributed by atoms with Gasteiger partial charge in [-0.3, -0.25) is 20.2 Å². The van der Waals surface area contributed by atoms with E-state index in [2.05, 4.69) is 10.6 Å². The van der Waals surface area contributed by atoms with Gasteiger partial charge in [-0.15, -0.1) is 0 Å². The normalized spacial score (nSPS) is 10.1. The smallest absolute Gasteiger partial charge is 0.271 e. The number of rotatable bonds is 6. The van der Waals surface area contributed by atoms with Crippen molar-refractivity contribution in [2.45, 2.75) is 13.3 Å². The Hall–Kier alpha value is -3.07. The minimum atomic E-state index is -0.732. The molecule has 0 aromatic heterocycles. The highest BCUT2D eigenvalue weighted by molar-refractivity contribution is 7.80. The molecule has 7 nitrogen and oxygen atoms in total. The molecule has 0 bridgehead atoms. The van der Waals surface area contributed by atoms with Gasteiger partial charge in [-0.2, -0.15) is 0 Å². The van der Waals surface area contributed by atoms with Crippen molar-refractivity contribution in [3.63, 3.8) is 0 Å². The van der Waals surface area contributed by atoms with Gasteiger partial charge in [0, 0.05) is 17.7 Å². The molecule has 2 N–H and O–H groups in total. The second-order valence-electron chi connectivity index (χ2n) is 5.20. The number of hydrogen-bond acceptors (Lipinski definition) is 5. The highest BCUT2D eigenvalue weighted by Gasteiger charge is 2.13. The lowest BCUT2D eigenvalue weighted by Crippen LogP contribution is -2.34. The number of carbonyl (C=O) groups is 1. The van der Waals surface area contributed by atoms with Crippen molar-refractivity contribution in [3.8, 4) is 5.75 Å². The molecule has 136 valence electrons. The Bertz CT molecular complexity index is 827. The molecule has 2 aromatic carbocycles. The Kier molecular flexibility index (Phi) is 6.56. The molecule has 0 atom stereocenters. The van der Waals surface area contributed by atoms with Crippen molar-refractivity contribution >= 4 is 34.6 Å². The molecule has 0 radical (unpaired) electrons. The number of nitrogens with one attached hydrogen (secondary N) is 2. The van der Waals surface area contributed by atoms with Gasteiger partial charge in [0.2, 0.25) is 0 Å². The van der Waals surface area contributed by atoms with Crippen molar-refractivity contribution < 1.29 is 18.8 Å². The largest absolute Gasteiger partial charge is 0.494 e. The molecule has 0 saturated carbocycles. The maximum absolute atomic E-state index is 13.7. The van der Waals surface area contributed by atoms with Crippen LogP contribution in [0, 0.1) is 15.9 Å². The Morgan fingerprint density at radius 2 is 1.96 bits per heavy atom. The lowest BCUT2D eigenvalue weighted by molar-refractivity contribution is -0.384. The monoisotopic (exact) mass is 377 g/mol. The third kappa shape index (κ3) is 5.21. The van der Waals surface area contributed by atoms with Crippen LogP contribution in [0.25, 0.3) is 0 Å². The van der Waals surface area contributed by atoms with Gasteiger partial charge in [-0.25, -0.2) is 4.39 Å². The summed E-state index contributed by atoms with van der Waals surface area (Å²) in [6.45, 7) is 2.56. The van der Waals surface area contributed by atoms with E-state index in [0.29, 0.717) is 17.9 Å². The van der Waals surface area contributed by atoms with Crippen molar-refractivity contribution in [1.29, 1.82) is 0 Å². The standard InChI is InChI=1S/C17H16FN3O4S/c1-2-9-25-13-6-3-11(4-7-13)16(22)20-17(26)19-15-10-12(21(23)24)5-8-14(15)18/h3-8,10H,2,9H2,1H3,(H2,19,20,22,26). The van der Waals surface area contributed by atoms with Crippen LogP contribution in [0.15, 0.2) is 42.5 Å². The van der Waals surface area contributed by atoms with Crippen LogP contribution in [-0.4, -0.2) is 22.5 Å². The van der Waals surface area contributed by atoms with E-state index in [0.717, 1.165) is 24.6 Å². The molecule has 2 aromatic rings. The summed E-state index contributed by atoms with van der Waals surface area (Å²) in [5, 5.41) is 15.4. The first kappa shape index (κ1) is 19.3.